The topological polar surface area (TPSA) is 61.5 Å². The molecule has 7 heteroatoms. The molecule has 3 heterocycles. The Morgan fingerprint density at radius 1 is 1.21 bits per heavy atom. The van der Waals surface area contributed by atoms with Gasteiger partial charge >= 0.3 is 0 Å². The van der Waals surface area contributed by atoms with Gasteiger partial charge in [0.15, 0.2) is 0 Å². The molecule has 0 atom stereocenters. The van der Waals surface area contributed by atoms with Crippen molar-refractivity contribution in [3.05, 3.63) is 33.5 Å². The third-order valence-electron chi connectivity index (χ3n) is 5.58. The van der Waals surface area contributed by atoms with Gasteiger partial charge in [-0.25, -0.2) is 9.97 Å². The smallest absolute Gasteiger partial charge is 0.271 e. The van der Waals surface area contributed by atoms with Crippen molar-refractivity contribution in [1.29, 1.82) is 0 Å². The first-order valence-electron chi connectivity index (χ1n) is 10.7. The van der Waals surface area contributed by atoms with Crippen LogP contribution in [0.3, 0.4) is 0 Å². The summed E-state index contributed by atoms with van der Waals surface area (Å²) in [4.78, 5) is 25.6. The molecule has 3 aromatic heterocycles. The number of aromatic nitrogens is 3. The van der Waals surface area contributed by atoms with Crippen LogP contribution in [0.1, 0.15) is 50.7 Å². The second kappa shape index (κ2) is 9.78. The van der Waals surface area contributed by atoms with Gasteiger partial charge in [0.05, 0.1) is 38.3 Å². The number of hydrogen-bond acceptors (Lipinski definition) is 5. The maximum atomic E-state index is 13.5. The third kappa shape index (κ3) is 4.52. The van der Waals surface area contributed by atoms with Crippen molar-refractivity contribution in [1.82, 2.24) is 14.5 Å². The average molecular weight is 418 g/mol. The summed E-state index contributed by atoms with van der Waals surface area (Å²) < 4.78 is 8.04. The maximum Gasteiger partial charge on any atom is 0.271 e. The van der Waals surface area contributed by atoms with Crippen LogP contribution in [0.25, 0.3) is 20.4 Å². The summed E-state index contributed by atoms with van der Waals surface area (Å²) in [5, 5.41) is 0.980. The summed E-state index contributed by atoms with van der Waals surface area (Å²) in [6.07, 6.45) is 2.93. The molecule has 0 bridgehead atoms. The SMILES string of the molecule is CCCCc1nc2c(sc3nc(C)cc(COC)c32)c(=O)n1CC[NH+](CC)CC. The fraction of sp³-hybridized carbons (Fsp3) is 0.591. The number of aryl methyl sites for hydroxylation is 2. The zero-order valence-corrected chi connectivity index (χ0v) is 19.1. The number of methoxy groups -OCH3 is 1. The lowest BCUT2D eigenvalue weighted by atomic mass is 10.1. The van der Waals surface area contributed by atoms with Crippen molar-refractivity contribution < 1.29 is 9.64 Å². The molecule has 0 aromatic carbocycles. The first-order valence-corrected chi connectivity index (χ1v) is 11.5. The molecule has 29 heavy (non-hydrogen) atoms. The molecule has 0 radical (unpaired) electrons. The van der Waals surface area contributed by atoms with E-state index in [0.29, 0.717) is 17.9 Å². The van der Waals surface area contributed by atoms with E-state index in [0.717, 1.165) is 71.7 Å². The van der Waals surface area contributed by atoms with E-state index < -0.39 is 0 Å². The summed E-state index contributed by atoms with van der Waals surface area (Å²) in [7, 11) is 1.69. The van der Waals surface area contributed by atoms with E-state index in [1.54, 1.807) is 7.11 Å². The van der Waals surface area contributed by atoms with Crippen molar-refractivity contribution in [3.8, 4) is 0 Å². The van der Waals surface area contributed by atoms with E-state index in [4.69, 9.17) is 9.72 Å². The quantitative estimate of drug-likeness (QED) is 0.551. The molecule has 1 N–H and O–H groups in total. The summed E-state index contributed by atoms with van der Waals surface area (Å²) in [5.74, 6) is 0.902. The number of likely N-dealkylation sites (N-methyl/N-ethyl adjacent to an activating group) is 1. The van der Waals surface area contributed by atoms with Crippen molar-refractivity contribution in [2.45, 2.75) is 60.1 Å². The van der Waals surface area contributed by atoms with Gasteiger partial charge in [0, 0.05) is 24.6 Å². The Kier molecular flexibility index (Phi) is 7.38. The van der Waals surface area contributed by atoms with Gasteiger partial charge in [-0.15, -0.1) is 11.3 Å². The average Bonchev–Trinajstić information content (AvgIpc) is 3.07. The number of nitrogens with zero attached hydrogens (tertiary/aromatic N) is 3. The number of rotatable bonds is 10. The van der Waals surface area contributed by atoms with Crippen LogP contribution in [-0.2, 0) is 24.3 Å². The van der Waals surface area contributed by atoms with Gasteiger partial charge in [0.2, 0.25) is 0 Å². The van der Waals surface area contributed by atoms with Gasteiger partial charge in [0.25, 0.3) is 5.56 Å². The minimum atomic E-state index is 0.0803. The highest BCUT2D eigenvalue weighted by molar-refractivity contribution is 7.25. The van der Waals surface area contributed by atoms with Gasteiger partial charge in [-0.1, -0.05) is 13.3 Å². The van der Waals surface area contributed by atoms with Crippen molar-refractivity contribution in [2.75, 3.05) is 26.7 Å². The zero-order chi connectivity index (χ0) is 21.0. The highest BCUT2D eigenvalue weighted by atomic mass is 32.1. The Labute approximate surface area is 176 Å². The van der Waals surface area contributed by atoms with Gasteiger partial charge in [-0.05, 0) is 38.8 Å². The van der Waals surface area contributed by atoms with E-state index in [9.17, 15) is 4.79 Å². The second-order valence-corrected chi connectivity index (χ2v) is 8.61. The number of unbranched alkanes of at least 4 members (excludes halogenated alkanes) is 1. The summed E-state index contributed by atoms with van der Waals surface area (Å²) in [5.41, 5.74) is 2.87. The molecule has 0 unspecified atom stereocenters. The Hall–Kier alpha value is -1.83. The molecule has 158 valence electrons. The van der Waals surface area contributed by atoms with Crippen LogP contribution in [0.2, 0.25) is 0 Å². The van der Waals surface area contributed by atoms with Gasteiger partial charge in [0.1, 0.15) is 15.4 Å². The molecule has 0 aliphatic rings. The molecule has 6 nitrogen and oxygen atoms in total. The van der Waals surface area contributed by atoms with E-state index >= 15 is 0 Å². The number of nitrogens with one attached hydrogen (secondary N) is 1. The molecule has 3 rings (SSSR count). The van der Waals surface area contributed by atoms with Gasteiger partial charge in [-0.3, -0.25) is 9.36 Å². The van der Waals surface area contributed by atoms with E-state index in [2.05, 4.69) is 25.8 Å². The lowest BCUT2D eigenvalue weighted by Crippen LogP contribution is -3.11. The molecular weight excluding hydrogens is 384 g/mol. The van der Waals surface area contributed by atoms with Crippen LogP contribution >= 0.6 is 11.3 Å². The summed E-state index contributed by atoms with van der Waals surface area (Å²) in [6.45, 7) is 12.8. The van der Waals surface area contributed by atoms with Crippen LogP contribution in [0.4, 0.5) is 0 Å². The van der Waals surface area contributed by atoms with Gasteiger partial charge < -0.3 is 9.64 Å². The number of thiophene rings is 1. The number of quaternary nitrogens is 1. The van der Waals surface area contributed by atoms with E-state index in [1.807, 2.05) is 17.6 Å². The number of pyridine rings is 1. The predicted octanol–water partition coefficient (Wildman–Crippen LogP) is 2.73. The van der Waals surface area contributed by atoms with Crippen LogP contribution in [0.15, 0.2) is 10.9 Å². The van der Waals surface area contributed by atoms with Crippen molar-refractivity contribution >= 4 is 31.8 Å². The Morgan fingerprint density at radius 2 is 1.97 bits per heavy atom. The molecule has 0 saturated heterocycles. The molecule has 0 aliphatic carbocycles. The van der Waals surface area contributed by atoms with Crippen LogP contribution in [-0.4, -0.2) is 41.3 Å². The molecular formula is C22H33N4O2S+. The fourth-order valence-corrected chi connectivity index (χ4v) is 5.03. The first-order chi connectivity index (χ1) is 14.0. The second-order valence-electron chi connectivity index (χ2n) is 7.61. The first kappa shape index (κ1) is 21.9. The third-order valence-corrected chi connectivity index (χ3v) is 6.64. The largest absolute Gasteiger partial charge is 0.380 e. The molecule has 0 fully saturated rings. The molecule has 0 aliphatic heterocycles. The number of hydrogen-bond donors (Lipinski definition) is 1. The summed E-state index contributed by atoms with van der Waals surface area (Å²) in [6, 6.07) is 2.04. The Morgan fingerprint density at radius 3 is 2.62 bits per heavy atom. The fourth-order valence-electron chi connectivity index (χ4n) is 3.88. The van der Waals surface area contributed by atoms with Crippen molar-refractivity contribution in [2.24, 2.45) is 0 Å². The van der Waals surface area contributed by atoms with Crippen molar-refractivity contribution in [3.63, 3.8) is 0 Å². The van der Waals surface area contributed by atoms with Gasteiger partial charge in [-0.2, -0.15) is 0 Å². The number of ether oxygens (including phenoxy) is 1. The van der Waals surface area contributed by atoms with Crippen LogP contribution in [0, 0.1) is 6.92 Å². The molecule has 0 amide bonds. The maximum absolute atomic E-state index is 13.5. The lowest BCUT2D eigenvalue weighted by molar-refractivity contribution is -0.897. The highest BCUT2D eigenvalue weighted by Crippen LogP contribution is 2.33. The molecule has 0 spiro atoms. The van der Waals surface area contributed by atoms with E-state index in [-0.39, 0.29) is 5.56 Å². The minimum absolute atomic E-state index is 0.0803. The standard InChI is InChI=1S/C22H32N4O2S/c1-6-9-10-17-24-19-18-16(14-28-5)13-15(4)23-21(18)29-20(19)22(27)26(17)12-11-25(7-2)8-3/h13H,6-12,14H2,1-5H3/p+1. The lowest BCUT2D eigenvalue weighted by Gasteiger charge is -2.18. The van der Waals surface area contributed by atoms with E-state index in [1.165, 1.54) is 16.2 Å². The highest BCUT2D eigenvalue weighted by Gasteiger charge is 2.20. The predicted molar refractivity (Wildman–Crippen MR) is 120 cm³/mol. The Bertz CT molecular complexity index is 1040. The number of fused-ring (bicyclic) bond motifs is 3. The normalized spacial score (nSPS) is 11.9. The molecule has 3 aromatic rings. The monoisotopic (exact) mass is 417 g/mol. The molecule has 0 saturated carbocycles. The summed E-state index contributed by atoms with van der Waals surface area (Å²) >= 11 is 1.47. The van der Waals surface area contributed by atoms with Crippen LogP contribution < -0.4 is 10.5 Å². The zero-order valence-electron chi connectivity index (χ0n) is 18.3. The van der Waals surface area contributed by atoms with Crippen LogP contribution in [0.5, 0.6) is 0 Å². The minimum Gasteiger partial charge on any atom is -0.380 e. The Balaban J connectivity index is 2.20.